The molecule has 5 atom stereocenters. The highest BCUT2D eigenvalue weighted by Gasteiger charge is 2.53. The largest absolute Gasteiger partial charge is 0.379 e. The lowest BCUT2D eigenvalue weighted by Gasteiger charge is -2.41. The Kier molecular flexibility index (Phi) is 16.7. The van der Waals surface area contributed by atoms with Gasteiger partial charge < -0.3 is 20.3 Å². The molecule has 0 saturated carbocycles. The Morgan fingerprint density at radius 2 is 1.49 bits per heavy atom. The van der Waals surface area contributed by atoms with Gasteiger partial charge in [0.1, 0.15) is 11.5 Å². The fourth-order valence-corrected chi connectivity index (χ4v) is 6.30. The van der Waals surface area contributed by atoms with Crippen LogP contribution in [0.5, 0.6) is 0 Å². The van der Waals surface area contributed by atoms with E-state index in [1.54, 1.807) is 32.9 Å². The van der Waals surface area contributed by atoms with Gasteiger partial charge in [-0.25, -0.2) is 0 Å². The summed E-state index contributed by atoms with van der Waals surface area (Å²) in [6, 6.07) is -1.50. The van der Waals surface area contributed by atoms with Gasteiger partial charge in [0.25, 0.3) is 0 Å². The maximum Gasteiger partial charge on any atom is 0.245 e. The van der Waals surface area contributed by atoms with Crippen molar-refractivity contribution in [2.24, 2.45) is 23.2 Å². The maximum absolute atomic E-state index is 14.0. The molecule has 2 N–H and O–H groups in total. The van der Waals surface area contributed by atoms with Gasteiger partial charge >= 0.3 is 0 Å². The van der Waals surface area contributed by atoms with E-state index in [0.29, 0.717) is 19.6 Å². The van der Waals surface area contributed by atoms with Gasteiger partial charge in [0.2, 0.25) is 29.5 Å². The molecule has 11 nitrogen and oxygen atoms in total. The number of carbonyl (C=O) groups excluding carboxylic acids is 5. The van der Waals surface area contributed by atoms with E-state index in [2.05, 4.69) is 17.6 Å². The zero-order valence-corrected chi connectivity index (χ0v) is 30.2. The molecule has 45 heavy (non-hydrogen) atoms. The number of methoxy groups -OCH3 is 1. The van der Waals surface area contributed by atoms with Crippen molar-refractivity contribution >= 4 is 29.5 Å². The minimum absolute atomic E-state index is 0.0188. The summed E-state index contributed by atoms with van der Waals surface area (Å²) in [7, 11) is 5.24. The first-order valence-electron chi connectivity index (χ1n) is 16.9. The molecule has 260 valence electrons. The monoisotopic (exact) mass is 637 g/mol. The molecular formula is C34H63N5O6. The van der Waals surface area contributed by atoms with Crippen molar-refractivity contribution in [1.29, 1.82) is 0 Å². The van der Waals surface area contributed by atoms with Gasteiger partial charge in [-0.3, -0.25) is 33.8 Å². The minimum Gasteiger partial charge on any atom is -0.379 e. The third-order valence-corrected chi connectivity index (χ3v) is 9.27. The number of ether oxygens (including phenoxy) is 1. The van der Waals surface area contributed by atoms with E-state index in [-0.39, 0.29) is 59.8 Å². The maximum atomic E-state index is 14.0. The van der Waals surface area contributed by atoms with Crippen molar-refractivity contribution in [1.82, 2.24) is 25.3 Å². The zero-order valence-electron chi connectivity index (χ0n) is 30.2. The van der Waals surface area contributed by atoms with E-state index in [9.17, 15) is 24.0 Å². The third kappa shape index (κ3) is 10.8. The number of imide groups is 1. The van der Waals surface area contributed by atoms with Crippen molar-refractivity contribution in [2.75, 3.05) is 40.8 Å². The highest BCUT2D eigenvalue weighted by Crippen LogP contribution is 2.32. The fraction of sp³-hybridized carbons (Fsp3) is 0.853. The van der Waals surface area contributed by atoms with Gasteiger partial charge in [-0.15, -0.1) is 0 Å². The molecule has 11 heteroatoms. The summed E-state index contributed by atoms with van der Waals surface area (Å²) < 4.78 is 5.77. The first kappa shape index (κ1) is 40.5. The first-order chi connectivity index (χ1) is 21.0. The SMILES string of the molecule is CCNC(=O)CC(OC)C(C(C)CC)N(C)C(=O)[C@@H](NC(=O)C(C(C)C)N(C)CCCCCCN1C(=O)C(C)(C)C1=O)C(C)C. The Morgan fingerprint density at radius 1 is 0.911 bits per heavy atom. The van der Waals surface area contributed by atoms with Crippen LogP contribution in [-0.4, -0.2) is 109 Å². The lowest BCUT2D eigenvalue weighted by Crippen LogP contribution is -2.63. The van der Waals surface area contributed by atoms with E-state index in [1.807, 2.05) is 53.5 Å². The van der Waals surface area contributed by atoms with E-state index in [0.717, 1.165) is 32.1 Å². The summed E-state index contributed by atoms with van der Waals surface area (Å²) in [5, 5.41) is 5.90. The molecule has 1 rings (SSSR count). The average molecular weight is 638 g/mol. The number of rotatable bonds is 21. The number of β-lactam (4-membered cyclic amide) rings is 2. The van der Waals surface area contributed by atoms with Gasteiger partial charge in [0, 0.05) is 27.2 Å². The van der Waals surface area contributed by atoms with Crippen LogP contribution < -0.4 is 10.6 Å². The predicted molar refractivity (Wildman–Crippen MR) is 177 cm³/mol. The van der Waals surface area contributed by atoms with Crippen molar-refractivity contribution in [2.45, 2.75) is 125 Å². The number of likely N-dealkylation sites (tertiary alicyclic amines) is 1. The van der Waals surface area contributed by atoms with Crippen LogP contribution in [0, 0.1) is 23.2 Å². The van der Waals surface area contributed by atoms with E-state index in [4.69, 9.17) is 4.74 Å². The molecule has 1 fully saturated rings. The zero-order chi connectivity index (χ0) is 34.6. The third-order valence-electron chi connectivity index (χ3n) is 9.27. The molecule has 1 heterocycles. The van der Waals surface area contributed by atoms with Crippen LogP contribution in [0.2, 0.25) is 0 Å². The molecule has 0 aliphatic carbocycles. The van der Waals surface area contributed by atoms with Crippen molar-refractivity contribution in [3.8, 4) is 0 Å². The molecule has 1 saturated heterocycles. The highest BCUT2D eigenvalue weighted by molar-refractivity contribution is 6.20. The van der Waals surface area contributed by atoms with Gasteiger partial charge in [0.15, 0.2) is 0 Å². The van der Waals surface area contributed by atoms with E-state index in [1.165, 1.54) is 4.90 Å². The number of hydrogen-bond donors (Lipinski definition) is 2. The summed E-state index contributed by atoms with van der Waals surface area (Å²) in [6.45, 7) is 18.8. The number of nitrogens with one attached hydrogen (secondary N) is 2. The summed E-state index contributed by atoms with van der Waals surface area (Å²) in [5.74, 6) is -0.780. The number of hydrogen-bond acceptors (Lipinski definition) is 7. The minimum atomic E-state index is -0.877. The van der Waals surface area contributed by atoms with Crippen molar-refractivity contribution in [3.63, 3.8) is 0 Å². The van der Waals surface area contributed by atoms with Gasteiger partial charge in [-0.05, 0) is 65.0 Å². The Labute approximate surface area is 272 Å². The van der Waals surface area contributed by atoms with Gasteiger partial charge in [-0.1, -0.05) is 60.8 Å². The van der Waals surface area contributed by atoms with Crippen LogP contribution in [0.4, 0.5) is 0 Å². The molecule has 0 spiro atoms. The normalized spacial score (nSPS) is 18.0. The molecule has 0 aromatic heterocycles. The number of carbonyl (C=O) groups is 5. The Balaban J connectivity index is 2.86. The Morgan fingerprint density at radius 3 is 1.98 bits per heavy atom. The molecule has 4 unspecified atom stereocenters. The highest BCUT2D eigenvalue weighted by atomic mass is 16.5. The van der Waals surface area contributed by atoms with Crippen molar-refractivity contribution < 1.29 is 28.7 Å². The molecule has 1 aliphatic rings. The summed E-state index contributed by atoms with van der Waals surface area (Å²) in [5.41, 5.74) is -0.877. The summed E-state index contributed by atoms with van der Waals surface area (Å²) in [4.78, 5) is 69.4. The van der Waals surface area contributed by atoms with Crippen LogP contribution in [-0.2, 0) is 28.7 Å². The standard InChI is InChI=1S/C34H63N5O6/c1-13-24(7)29(25(45-12)21-26(40)35-14-2)38(11)31(42)27(22(3)4)36-30(41)28(23(5)6)37(10)19-17-15-16-18-20-39-32(43)34(8,9)33(39)44/h22-25,27-29H,13-21H2,1-12H3,(H,35,40)(H,36,41)/t24?,25?,27-,28?,29?/m0/s1. The molecule has 0 radical (unpaired) electrons. The Hall–Kier alpha value is -2.53. The van der Waals surface area contributed by atoms with E-state index >= 15 is 0 Å². The lowest BCUT2D eigenvalue weighted by atomic mass is 9.82. The molecule has 0 bridgehead atoms. The number of nitrogens with zero attached hydrogens (tertiary/aromatic N) is 3. The quantitative estimate of drug-likeness (QED) is 0.112. The van der Waals surface area contributed by atoms with Gasteiger partial charge in [-0.2, -0.15) is 0 Å². The van der Waals surface area contributed by atoms with Crippen molar-refractivity contribution in [3.05, 3.63) is 0 Å². The molecule has 0 aromatic carbocycles. The number of unbranched alkanes of at least 4 members (excludes halogenated alkanes) is 3. The average Bonchev–Trinajstić information content (AvgIpc) is 2.97. The smallest absolute Gasteiger partial charge is 0.245 e. The second-order valence-corrected chi connectivity index (χ2v) is 14.0. The van der Waals surface area contributed by atoms with Crippen LogP contribution in [0.3, 0.4) is 0 Å². The fourth-order valence-electron chi connectivity index (χ4n) is 6.30. The van der Waals surface area contributed by atoms with Crippen LogP contribution >= 0.6 is 0 Å². The van der Waals surface area contributed by atoms with E-state index < -0.39 is 23.6 Å². The first-order valence-corrected chi connectivity index (χ1v) is 16.9. The van der Waals surface area contributed by atoms with Crippen LogP contribution in [0.25, 0.3) is 0 Å². The second-order valence-electron chi connectivity index (χ2n) is 14.0. The number of likely N-dealkylation sites (N-methyl/N-ethyl adjacent to an activating group) is 2. The van der Waals surface area contributed by atoms with Crippen LogP contribution in [0.15, 0.2) is 0 Å². The summed E-state index contributed by atoms with van der Waals surface area (Å²) >= 11 is 0. The molecule has 0 aromatic rings. The number of amides is 5. The van der Waals surface area contributed by atoms with Gasteiger partial charge in [0.05, 0.1) is 24.6 Å². The topological polar surface area (TPSA) is 128 Å². The molecule has 5 amide bonds. The molecule has 1 aliphatic heterocycles. The predicted octanol–water partition coefficient (Wildman–Crippen LogP) is 3.45. The lowest BCUT2D eigenvalue weighted by molar-refractivity contribution is -0.173. The summed E-state index contributed by atoms with van der Waals surface area (Å²) in [6.07, 6.45) is 3.89. The second kappa shape index (κ2) is 18.6. The Bertz CT molecular complexity index is 982. The molecular weight excluding hydrogens is 574 g/mol. The van der Waals surface area contributed by atoms with Crippen LogP contribution in [0.1, 0.15) is 101 Å².